The Hall–Kier alpha value is -2.82. The highest BCUT2D eigenvalue weighted by atomic mass is 16.5. The molecule has 0 saturated heterocycles. The topological polar surface area (TPSA) is 58.6 Å². The number of nitrogens with zero attached hydrogens (tertiary/aromatic N) is 1. The minimum absolute atomic E-state index is 0.0225. The molecule has 0 spiro atoms. The summed E-state index contributed by atoms with van der Waals surface area (Å²) >= 11 is 0. The Labute approximate surface area is 166 Å². The van der Waals surface area contributed by atoms with Crippen molar-refractivity contribution in [3.63, 3.8) is 0 Å². The summed E-state index contributed by atoms with van der Waals surface area (Å²) < 4.78 is 5.58. The van der Waals surface area contributed by atoms with Crippen molar-refractivity contribution in [2.75, 3.05) is 18.1 Å². The number of benzene rings is 2. The van der Waals surface area contributed by atoms with Gasteiger partial charge in [-0.1, -0.05) is 57.2 Å². The van der Waals surface area contributed by atoms with Gasteiger partial charge in [0.2, 0.25) is 5.91 Å². The fourth-order valence-electron chi connectivity index (χ4n) is 3.26. The summed E-state index contributed by atoms with van der Waals surface area (Å²) in [5.41, 5.74) is 2.79. The van der Waals surface area contributed by atoms with Crippen molar-refractivity contribution in [2.24, 2.45) is 0 Å². The third kappa shape index (κ3) is 4.19. The molecule has 1 unspecified atom stereocenters. The molecule has 1 N–H and O–H groups in total. The predicted molar refractivity (Wildman–Crippen MR) is 111 cm³/mol. The lowest BCUT2D eigenvalue weighted by molar-refractivity contribution is -0.125. The van der Waals surface area contributed by atoms with Crippen LogP contribution < -0.4 is 15.0 Å². The van der Waals surface area contributed by atoms with Crippen molar-refractivity contribution in [1.82, 2.24) is 5.32 Å². The van der Waals surface area contributed by atoms with E-state index in [1.165, 1.54) is 4.90 Å². The van der Waals surface area contributed by atoms with E-state index in [2.05, 4.69) is 26.1 Å². The third-order valence-electron chi connectivity index (χ3n) is 5.55. The van der Waals surface area contributed by atoms with Crippen molar-refractivity contribution in [2.45, 2.75) is 45.6 Å². The normalized spacial score (nSPS) is 14.9. The molecule has 2 amide bonds. The molecular weight excluding hydrogens is 352 g/mol. The van der Waals surface area contributed by atoms with Gasteiger partial charge in [0.15, 0.2) is 6.61 Å². The summed E-state index contributed by atoms with van der Waals surface area (Å²) in [6.45, 7) is 8.33. The number of fused-ring (bicyclic) bond motifs is 1. The quantitative estimate of drug-likeness (QED) is 0.825. The molecule has 0 fully saturated rings. The number of hydrogen-bond donors (Lipinski definition) is 1. The molecular formula is C23H28N2O3. The Morgan fingerprint density at radius 3 is 2.61 bits per heavy atom. The van der Waals surface area contributed by atoms with E-state index in [1.54, 1.807) is 0 Å². The fourth-order valence-corrected chi connectivity index (χ4v) is 3.26. The summed E-state index contributed by atoms with van der Waals surface area (Å²) in [5, 5.41) is 2.98. The van der Waals surface area contributed by atoms with Gasteiger partial charge in [-0.25, -0.2) is 0 Å². The molecule has 1 heterocycles. The van der Waals surface area contributed by atoms with Gasteiger partial charge in [0.1, 0.15) is 12.3 Å². The number of ether oxygens (including phenoxy) is 1. The van der Waals surface area contributed by atoms with Crippen LogP contribution in [0.2, 0.25) is 0 Å². The number of carbonyl (C=O) groups is 2. The highest BCUT2D eigenvalue weighted by Gasteiger charge is 2.30. The van der Waals surface area contributed by atoms with E-state index in [-0.39, 0.29) is 36.4 Å². The zero-order valence-electron chi connectivity index (χ0n) is 17.0. The van der Waals surface area contributed by atoms with Crippen LogP contribution in [-0.4, -0.2) is 25.0 Å². The largest absolute Gasteiger partial charge is 0.482 e. The average Bonchev–Trinajstić information content (AvgIpc) is 2.70. The first-order valence-electron chi connectivity index (χ1n) is 9.74. The van der Waals surface area contributed by atoms with Gasteiger partial charge in [-0.15, -0.1) is 0 Å². The second-order valence-electron chi connectivity index (χ2n) is 7.89. The Balaban J connectivity index is 1.80. The Morgan fingerprint density at radius 2 is 1.93 bits per heavy atom. The standard InChI is InChI=1S/C23H28N2O3/c1-5-23(3,4)18-11-12-20-19(13-18)25(22(27)15-28-20)14-21(26)24-16(2)17-9-7-6-8-10-17/h6-13,16H,5,14-15H2,1-4H3,(H,24,26). The Kier molecular flexibility index (Phi) is 5.73. The zero-order chi connectivity index (χ0) is 20.3. The van der Waals surface area contributed by atoms with Crippen molar-refractivity contribution in [3.8, 4) is 5.75 Å². The molecule has 0 saturated carbocycles. The maximum Gasteiger partial charge on any atom is 0.265 e. The Bertz CT molecular complexity index is 861. The van der Waals surface area contributed by atoms with Gasteiger partial charge in [-0.05, 0) is 42.0 Å². The molecule has 148 valence electrons. The zero-order valence-corrected chi connectivity index (χ0v) is 17.0. The molecule has 0 aliphatic carbocycles. The summed E-state index contributed by atoms with van der Waals surface area (Å²) in [6, 6.07) is 15.5. The molecule has 1 atom stereocenters. The van der Waals surface area contributed by atoms with E-state index in [9.17, 15) is 9.59 Å². The third-order valence-corrected chi connectivity index (χ3v) is 5.55. The Morgan fingerprint density at radius 1 is 1.21 bits per heavy atom. The average molecular weight is 380 g/mol. The van der Waals surface area contributed by atoms with Crippen molar-refractivity contribution < 1.29 is 14.3 Å². The second-order valence-corrected chi connectivity index (χ2v) is 7.89. The lowest BCUT2D eigenvalue weighted by atomic mass is 9.82. The second kappa shape index (κ2) is 8.05. The number of amides is 2. The highest BCUT2D eigenvalue weighted by Crippen LogP contribution is 2.37. The number of carbonyl (C=O) groups excluding carboxylic acids is 2. The molecule has 1 aliphatic rings. The molecule has 0 radical (unpaired) electrons. The highest BCUT2D eigenvalue weighted by molar-refractivity contribution is 6.02. The van der Waals surface area contributed by atoms with Crippen LogP contribution in [0.5, 0.6) is 5.75 Å². The fraction of sp³-hybridized carbons (Fsp3) is 0.391. The summed E-state index contributed by atoms with van der Waals surface area (Å²) in [5.74, 6) is 0.235. The smallest absolute Gasteiger partial charge is 0.265 e. The van der Waals surface area contributed by atoms with Crippen LogP contribution in [0, 0.1) is 0 Å². The van der Waals surface area contributed by atoms with Gasteiger partial charge >= 0.3 is 0 Å². The maximum atomic E-state index is 12.6. The van der Waals surface area contributed by atoms with Gasteiger partial charge < -0.3 is 10.1 Å². The van der Waals surface area contributed by atoms with Crippen LogP contribution in [0.15, 0.2) is 48.5 Å². The lowest BCUT2D eigenvalue weighted by Crippen LogP contribution is -2.45. The SMILES string of the molecule is CCC(C)(C)c1ccc2c(c1)N(CC(=O)NC(C)c1ccccc1)C(=O)CO2. The minimum Gasteiger partial charge on any atom is -0.482 e. The summed E-state index contributed by atoms with van der Waals surface area (Å²) in [6.07, 6.45) is 0.968. The number of hydrogen-bond acceptors (Lipinski definition) is 3. The van der Waals surface area contributed by atoms with Crippen molar-refractivity contribution in [1.29, 1.82) is 0 Å². The molecule has 2 aromatic carbocycles. The molecule has 2 aromatic rings. The summed E-state index contributed by atoms with van der Waals surface area (Å²) in [4.78, 5) is 26.7. The van der Waals surface area contributed by atoms with Crippen LogP contribution in [0.4, 0.5) is 5.69 Å². The molecule has 0 aromatic heterocycles. The molecule has 28 heavy (non-hydrogen) atoms. The maximum absolute atomic E-state index is 12.6. The minimum atomic E-state index is -0.207. The molecule has 5 heteroatoms. The lowest BCUT2D eigenvalue weighted by Gasteiger charge is -2.32. The van der Waals surface area contributed by atoms with Crippen LogP contribution in [0.3, 0.4) is 0 Å². The number of nitrogens with one attached hydrogen (secondary N) is 1. The monoisotopic (exact) mass is 380 g/mol. The van der Waals surface area contributed by atoms with Gasteiger partial charge in [0.25, 0.3) is 5.91 Å². The van der Waals surface area contributed by atoms with E-state index in [0.29, 0.717) is 11.4 Å². The number of anilines is 1. The molecule has 5 nitrogen and oxygen atoms in total. The van der Waals surface area contributed by atoms with E-state index in [1.807, 2.05) is 55.5 Å². The first-order valence-corrected chi connectivity index (χ1v) is 9.74. The van der Waals surface area contributed by atoms with Crippen LogP contribution >= 0.6 is 0 Å². The van der Waals surface area contributed by atoms with Gasteiger partial charge in [0, 0.05) is 0 Å². The van der Waals surface area contributed by atoms with Crippen LogP contribution in [0.25, 0.3) is 0 Å². The van der Waals surface area contributed by atoms with E-state index in [4.69, 9.17) is 4.74 Å². The van der Waals surface area contributed by atoms with Gasteiger partial charge in [0.05, 0.1) is 11.7 Å². The molecule has 0 bridgehead atoms. The van der Waals surface area contributed by atoms with Crippen LogP contribution in [0.1, 0.15) is 51.3 Å². The van der Waals surface area contributed by atoms with Gasteiger partial charge in [-0.2, -0.15) is 0 Å². The first-order chi connectivity index (χ1) is 13.3. The van der Waals surface area contributed by atoms with E-state index in [0.717, 1.165) is 17.5 Å². The summed E-state index contributed by atoms with van der Waals surface area (Å²) in [7, 11) is 0. The number of rotatable bonds is 6. The predicted octanol–water partition coefficient (Wildman–Crippen LogP) is 3.98. The molecule has 1 aliphatic heterocycles. The van der Waals surface area contributed by atoms with E-state index >= 15 is 0 Å². The van der Waals surface area contributed by atoms with Crippen LogP contribution in [-0.2, 0) is 15.0 Å². The van der Waals surface area contributed by atoms with Crippen molar-refractivity contribution >= 4 is 17.5 Å². The van der Waals surface area contributed by atoms with Gasteiger partial charge in [-0.3, -0.25) is 14.5 Å². The first kappa shape index (κ1) is 19.9. The van der Waals surface area contributed by atoms with E-state index < -0.39 is 0 Å². The van der Waals surface area contributed by atoms with Crippen molar-refractivity contribution in [3.05, 3.63) is 59.7 Å². The molecule has 3 rings (SSSR count).